The minimum absolute atomic E-state index is 0.233. The van der Waals surface area contributed by atoms with Crippen molar-refractivity contribution in [3.8, 4) is 0 Å². The highest BCUT2D eigenvalue weighted by Crippen LogP contribution is 2.21. The van der Waals surface area contributed by atoms with Crippen LogP contribution in [-0.4, -0.2) is 13.1 Å². The summed E-state index contributed by atoms with van der Waals surface area (Å²) < 4.78 is 26.3. The molecule has 0 aliphatic carbocycles. The summed E-state index contributed by atoms with van der Waals surface area (Å²) >= 11 is 3.20. The topological polar surface area (TPSA) is 12.0 Å². The van der Waals surface area contributed by atoms with E-state index in [0.29, 0.717) is 10.9 Å². The first kappa shape index (κ1) is 11.6. The van der Waals surface area contributed by atoms with Crippen LogP contribution in [-0.2, 0) is 6.42 Å². The highest BCUT2D eigenvalue weighted by Gasteiger charge is 2.09. The van der Waals surface area contributed by atoms with Crippen LogP contribution in [0.5, 0.6) is 0 Å². The summed E-state index contributed by atoms with van der Waals surface area (Å²) in [5.41, 5.74) is 0.769. The molecule has 0 saturated carbocycles. The summed E-state index contributed by atoms with van der Waals surface area (Å²) in [5.74, 6) is -1.62. The number of likely N-dealkylation sites (N-methyl/N-ethyl adjacent to an activating group) is 1. The highest BCUT2D eigenvalue weighted by atomic mass is 79.9. The Kier molecular flexibility index (Phi) is 4.01. The summed E-state index contributed by atoms with van der Waals surface area (Å²) in [4.78, 5) is 0. The number of hydrogen-bond donors (Lipinski definition) is 1. The molecule has 1 atom stereocenters. The van der Waals surface area contributed by atoms with Crippen molar-refractivity contribution in [1.29, 1.82) is 0 Å². The Morgan fingerprint density at radius 1 is 1.36 bits per heavy atom. The molecule has 1 nitrogen and oxygen atoms in total. The van der Waals surface area contributed by atoms with E-state index in [1.807, 2.05) is 14.0 Å². The third-order valence-electron chi connectivity index (χ3n) is 2.11. The molecule has 0 amide bonds. The van der Waals surface area contributed by atoms with Crippen molar-refractivity contribution in [2.24, 2.45) is 0 Å². The molecule has 0 aromatic heterocycles. The van der Waals surface area contributed by atoms with Gasteiger partial charge in [0, 0.05) is 10.5 Å². The average Bonchev–Trinajstić information content (AvgIpc) is 2.14. The zero-order chi connectivity index (χ0) is 10.7. The van der Waals surface area contributed by atoms with Gasteiger partial charge in [0.25, 0.3) is 0 Å². The summed E-state index contributed by atoms with van der Waals surface area (Å²) in [6.45, 7) is 1.98. The second-order valence-corrected chi connectivity index (χ2v) is 4.11. The minimum atomic E-state index is -0.822. The van der Waals surface area contributed by atoms with Gasteiger partial charge < -0.3 is 5.32 Å². The molecule has 0 aliphatic rings. The van der Waals surface area contributed by atoms with Gasteiger partial charge in [-0.1, -0.05) is 15.9 Å². The Morgan fingerprint density at radius 2 is 1.93 bits per heavy atom. The molecule has 0 bridgehead atoms. The molecule has 1 aromatic rings. The van der Waals surface area contributed by atoms with Crippen molar-refractivity contribution >= 4 is 15.9 Å². The van der Waals surface area contributed by atoms with E-state index in [9.17, 15) is 8.78 Å². The molecule has 0 saturated heterocycles. The van der Waals surface area contributed by atoms with Gasteiger partial charge in [0.1, 0.15) is 0 Å². The molecule has 1 rings (SSSR count). The molecular weight excluding hydrogens is 252 g/mol. The first-order valence-electron chi connectivity index (χ1n) is 4.35. The lowest BCUT2D eigenvalue weighted by atomic mass is 10.1. The molecule has 0 radical (unpaired) electrons. The van der Waals surface area contributed by atoms with Crippen molar-refractivity contribution in [1.82, 2.24) is 5.32 Å². The van der Waals surface area contributed by atoms with Crippen molar-refractivity contribution in [3.63, 3.8) is 0 Å². The Bertz CT molecular complexity index is 328. The van der Waals surface area contributed by atoms with Gasteiger partial charge in [-0.05, 0) is 38.1 Å². The Balaban J connectivity index is 2.92. The molecule has 4 heteroatoms. The van der Waals surface area contributed by atoms with Crippen LogP contribution in [0, 0.1) is 11.6 Å². The van der Waals surface area contributed by atoms with Crippen LogP contribution in [0.25, 0.3) is 0 Å². The molecule has 78 valence electrons. The van der Waals surface area contributed by atoms with Crippen LogP contribution in [0.3, 0.4) is 0 Å². The molecular formula is C10H12BrF2N. The molecule has 14 heavy (non-hydrogen) atoms. The summed E-state index contributed by atoms with van der Waals surface area (Å²) in [7, 11) is 1.83. The quantitative estimate of drug-likeness (QED) is 0.828. The maximum Gasteiger partial charge on any atom is 0.159 e. The smallest absolute Gasteiger partial charge is 0.159 e. The number of halogens is 3. The predicted octanol–water partition coefficient (Wildman–Crippen LogP) is 2.88. The number of benzene rings is 1. The number of rotatable bonds is 3. The minimum Gasteiger partial charge on any atom is -0.317 e. The van der Waals surface area contributed by atoms with Crippen molar-refractivity contribution in [2.75, 3.05) is 7.05 Å². The Hall–Kier alpha value is -0.480. The van der Waals surface area contributed by atoms with Crippen molar-refractivity contribution in [3.05, 3.63) is 33.8 Å². The van der Waals surface area contributed by atoms with Gasteiger partial charge in [0.15, 0.2) is 11.6 Å². The summed E-state index contributed by atoms with van der Waals surface area (Å²) in [6, 6.07) is 2.62. The second kappa shape index (κ2) is 4.84. The normalized spacial score (nSPS) is 12.9. The zero-order valence-electron chi connectivity index (χ0n) is 8.07. The van der Waals surface area contributed by atoms with Crippen molar-refractivity contribution < 1.29 is 8.78 Å². The largest absolute Gasteiger partial charge is 0.317 e. The van der Waals surface area contributed by atoms with Crippen LogP contribution in [0.2, 0.25) is 0 Å². The highest BCUT2D eigenvalue weighted by molar-refractivity contribution is 9.10. The maximum absolute atomic E-state index is 12.9. The summed E-state index contributed by atoms with van der Waals surface area (Å²) in [6.07, 6.45) is 0.661. The van der Waals surface area contributed by atoms with Crippen LogP contribution >= 0.6 is 15.9 Å². The monoisotopic (exact) mass is 263 g/mol. The SMILES string of the molecule is CNC(C)Cc1cc(F)c(F)cc1Br. The average molecular weight is 264 g/mol. The third-order valence-corrected chi connectivity index (χ3v) is 2.85. The van der Waals surface area contributed by atoms with Crippen LogP contribution in [0.4, 0.5) is 8.78 Å². The van der Waals surface area contributed by atoms with Gasteiger partial charge in [-0.2, -0.15) is 0 Å². The first-order valence-corrected chi connectivity index (χ1v) is 5.14. The molecule has 1 N–H and O–H groups in total. The molecule has 0 aliphatic heterocycles. The van der Waals surface area contributed by atoms with E-state index in [1.165, 1.54) is 6.07 Å². The van der Waals surface area contributed by atoms with Gasteiger partial charge in [0.05, 0.1) is 0 Å². The van der Waals surface area contributed by atoms with E-state index >= 15 is 0 Å². The lowest BCUT2D eigenvalue weighted by molar-refractivity contribution is 0.504. The van der Waals surface area contributed by atoms with Crippen LogP contribution in [0.1, 0.15) is 12.5 Å². The lowest BCUT2D eigenvalue weighted by Crippen LogP contribution is -2.23. The second-order valence-electron chi connectivity index (χ2n) is 3.25. The van der Waals surface area contributed by atoms with E-state index in [2.05, 4.69) is 21.2 Å². The predicted molar refractivity (Wildman–Crippen MR) is 56.3 cm³/mol. The Morgan fingerprint density at radius 3 is 2.50 bits per heavy atom. The Labute approximate surface area is 90.6 Å². The van der Waals surface area contributed by atoms with Crippen LogP contribution < -0.4 is 5.32 Å². The molecule has 0 heterocycles. The number of nitrogens with one attached hydrogen (secondary N) is 1. The van der Waals surface area contributed by atoms with E-state index in [-0.39, 0.29) is 6.04 Å². The molecule has 1 aromatic carbocycles. The van der Waals surface area contributed by atoms with E-state index < -0.39 is 11.6 Å². The van der Waals surface area contributed by atoms with E-state index in [1.54, 1.807) is 0 Å². The summed E-state index contributed by atoms with van der Waals surface area (Å²) in [5, 5.41) is 3.04. The standard InChI is InChI=1S/C10H12BrF2N/c1-6(14-2)3-7-4-9(12)10(13)5-8(7)11/h4-6,14H,3H2,1-2H3. The maximum atomic E-state index is 12.9. The molecule has 0 spiro atoms. The first-order chi connectivity index (χ1) is 6.54. The third kappa shape index (κ3) is 2.75. The fourth-order valence-electron chi connectivity index (χ4n) is 1.15. The lowest BCUT2D eigenvalue weighted by Gasteiger charge is -2.11. The van der Waals surface area contributed by atoms with Gasteiger partial charge in [-0.15, -0.1) is 0 Å². The fraction of sp³-hybridized carbons (Fsp3) is 0.400. The van der Waals surface area contributed by atoms with Gasteiger partial charge in [0.2, 0.25) is 0 Å². The van der Waals surface area contributed by atoms with Gasteiger partial charge in [-0.25, -0.2) is 8.78 Å². The number of hydrogen-bond acceptors (Lipinski definition) is 1. The van der Waals surface area contributed by atoms with Crippen molar-refractivity contribution in [2.45, 2.75) is 19.4 Å². The van der Waals surface area contributed by atoms with Gasteiger partial charge in [-0.3, -0.25) is 0 Å². The van der Waals surface area contributed by atoms with Crippen LogP contribution in [0.15, 0.2) is 16.6 Å². The van der Waals surface area contributed by atoms with Gasteiger partial charge >= 0.3 is 0 Å². The van der Waals surface area contributed by atoms with E-state index in [0.717, 1.165) is 11.6 Å². The molecule has 0 fully saturated rings. The van der Waals surface area contributed by atoms with E-state index in [4.69, 9.17) is 0 Å². The zero-order valence-corrected chi connectivity index (χ0v) is 9.66. The molecule has 1 unspecified atom stereocenters. The fourth-order valence-corrected chi connectivity index (χ4v) is 1.63.